The molecule has 2 rings (SSSR count). The molecule has 0 spiro atoms. The second-order valence-electron chi connectivity index (χ2n) is 4.44. The Morgan fingerprint density at radius 1 is 0.913 bits per heavy atom. The van der Waals surface area contributed by atoms with Crippen molar-refractivity contribution in [3.63, 3.8) is 0 Å². The molecule has 126 valence electrons. The van der Waals surface area contributed by atoms with E-state index in [-0.39, 0.29) is 3.57 Å². The van der Waals surface area contributed by atoms with Crippen LogP contribution in [0.15, 0.2) is 48.5 Å². The Morgan fingerprint density at radius 2 is 1.35 bits per heavy atom. The third kappa shape index (κ3) is 4.42. The van der Waals surface area contributed by atoms with Crippen LogP contribution in [0.25, 0.3) is 0 Å². The van der Waals surface area contributed by atoms with E-state index < -0.39 is 41.7 Å². The fourth-order valence-electron chi connectivity index (χ4n) is 1.51. The minimum atomic E-state index is -5.74. The van der Waals surface area contributed by atoms with Gasteiger partial charge in [-0.1, -0.05) is 0 Å². The van der Waals surface area contributed by atoms with Crippen LogP contribution in [-0.2, 0) is 12.6 Å². The Balaban J connectivity index is 2.48. The summed E-state index contributed by atoms with van der Waals surface area (Å²) in [5, 5.41) is 0. The molecule has 0 N–H and O–H groups in total. The number of benzene rings is 2. The zero-order valence-corrected chi connectivity index (χ0v) is 14.6. The average molecular weight is 462 g/mol. The number of rotatable bonds is 4. The monoisotopic (exact) mass is 462 g/mol. The van der Waals surface area contributed by atoms with Gasteiger partial charge in [0.1, 0.15) is 0 Å². The normalized spacial score (nSPS) is 13.0. The summed E-state index contributed by atoms with van der Waals surface area (Å²) in [7, 11) is -5.74. The van der Waals surface area contributed by atoms with Crippen molar-refractivity contribution in [3.8, 4) is 0 Å². The van der Waals surface area contributed by atoms with Gasteiger partial charge in [-0.25, -0.2) is 0 Å². The molecule has 0 aliphatic rings. The van der Waals surface area contributed by atoms with Gasteiger partial charge in [0, 0.05) is 0 Å². The predicted octanol–water partition coefficient (Wildman–Crippen LogP) is 4.46. The quantitative estimate of drug-likeness (QED) is 0.383. The molecule has 0 amide bonds. The molecule has 0 bridgehead atoms. The molecule has 0 heterocycles. The van der Waals surface area contributed by atoms with E-state index in [1.165, 1.54) is 24.3 Å². The van der Waals surface area contributed by atoms with Gasteiger partial charge >= 0.3 is 138 Å². The van der Waals surface area contributed by atoms with Crippen LogP contribution < -0.4 is 0 Å². The van der Waals surface area contributed by atoms with E-state index in [4.69, 9.17) is 0 Å². The van der Waals surface area contributed by atoms with Gasteiger partial charge in [-0.2, -0.15) is 0 Å². The summed E-state index contributed by atoms with van der Waals surface area (Å²) in [6, 6.07) is 10.9. The second kappa shape index (κ2) is 6.73. The standard InChI is InChI=1S/C14H11F4IO3S/c1-10-2-6-12(7-3-10)19(13-8-4-11(15)5-9-13)22-23(20,21)14(16,17)18/h2-9H,1H3. The van der Waals surface area contributed by atoms with Gasteiger partial charge in [-0.15, -0.1) is 0 Å². The minimum absolute atomic E-state index is 0.243. The molecule has 0 unspecified atom stereocenters. The third-order valence-corrected chi connectivity index (χ3v) is 9.70. The molecular weight excluding hydrogens is 451 g/mol. The van der Waals surface area contributed by atoms with E-state index in [0.29, 0.717) is 3.57 Å². The molecule has 0 aliphatic carbocycles. The number of aryl methyl sites for hydroxylation is 1. The predicted molar refractivity (Wildman–Crippen MR) is 85.1 cm³/mol. The second-order valence-corrected chi connectivity index (χ2v) is 10.9. The van der Waals surface area contributed by atoms with Gasteiger partial charge in [0.15, 0.2) is 0 Å². The number of alkyl halides is 3. The fraction of sp³-hybridized carbons (Fsp3) is 0.143. The molecule has 0 aliphatic heterocycles. The van der Waals surface area contributed by atoms with E-state index >= 15 is 0 Å². The molecule has 3 nitrogen and oxygen atoms in total. The van der Waals surface area contributed by atoms with E-state index in [0.717, 1.165) is 17.7 Å². The van der Waals surface area contributed by atoms with Gasteiger partial charge in [-0.05, 0) is 0 Å². The molecule has 2 aromatic carbocycles. The molecule has 2 aromatic rings. The van der Waals surface area contributed by atoms with E-state index in [9.17, 15) is 26.0 Å². The summed E-state index contributed by atoms with van der Waals surface area (Å²) >= 11 is -3.40. The van der Waals surface area contributed by atoms with Gasteiger partial charge in [0.2, 0.25) is 0 Å². The fourth-order valence-corrected chi connectivity index (χ4v) is 7.91. The van der Waals surface area contributed by atoms with Gasteiger partial charge < -0.3 is 0 Å². The first-order chi connectivity index (χ1) is 10.6. The molecule has 0 saturated heterocycles. The zero-order chi connectivity index (χ0) is 17.3. The molecule has 0 radical (unpaired) electrons. The molecule has 0 fully saturated rings. The van der Waals surface area contributed by atoms with E-state index in [1.807, 2.05) is 0 Å². The molecular formula is C14H11F4IO3S. The summed E-state index contributed by atoms with van der Waals surface area (Å²) in [5.41, 5.74) is -4.64. The van der Waals surface area contributed by atoms with Crippen LogP contribution >= 0.6 is 20.2 Å². The Kier molecular flexibility index (Phi) is 5.31. The van der Waals surface area contributed by atoms with Crippen molar-refractivity contribution in [2.24, 2.45) is 0 Å². The average Bonchev–Trinajstić information content (AvgIpc) is 2.46. The molecule has 9 heteroatoms. The van der Waals surface area contributed by atoms with Crippen molar-refractivity contribution in [2.45, 2.75) is 12.4 Å². The van der Waals surface area contributed by atoms with Gasteiger partial charge in [0.25, 0.3) is 0 Å². The Morgan fingerprint density at radius 3 is 1.78 bits per heavy atom. The zero-order valence-electron chi connectivity index (χ0n) is 11.6. The molecule has 0 aromatic heterocycles. The topological polar surface area (TPSA) is 43.4 Å². The van der Waals surface area contributed by atoms with Crippen LogP contribution in [0.4, 0.5) is 17.6 Å². The van der Waals surface area contributed by atoms with Crippen LogP contribution in [-0.4, -0.2) is 13.9 Å². The van der Waals surface area contributed by atoms with Crippen LogP contribution in [0, 0.1) is 19.9 Å². The van der Waals surface area contributed by atoms with Crippen LogP contribution in [0.3, 0.4) is 0 Å². The van der Waals surface area contributed by atoms with Gasteiger partial charge in [-0.3, -0.25) is 0 Å². The maximum absolute atomic E-state index is 13.0. The Bertz CT molecular complexity index is 726. The number of hydrogen-bond acceptors (Lipinski definition) is 3. The van der Waals surface area contributed by atoms with Crippen molar-refractivity contribution in [2.75, 3.05) is 0 Å². The van der Waals surface area contributed by atoms with Crippen molar-refractivity contribution in [1.82, 2.24) is 0 Å². The van der Waals surface area contributed by atoms with Crippen LogP contribution in [0.5, 0.6) is 0 Å². The first-order valence-electron chi connectivity index (χ1n) is 6.14. The van der Waals surface area contributed by atoms with Crippen molar-refractivity contribution in [1.29, 1.82) is 0 Å². The summed E-state index contributed by atoms with van der Waals surface area (Å²) < 4.78 is 78.7. The Labute approximate surface area is 138 Å². The maximum atomic E-state index is 13.0. The van der Waals surface area contributed by atoms with Crippen molar-refractivity contribution >= 4 is 30.4 Å². The SMILES string of the molecule is Cc1ccc(I(OS(=O)(=O)C(F)(F)F)c2ccc(F)cc2)cc1. The third-order valence-electron chi connectivity index (χ3n) is 2.64. The van der Waals surface area contributed by atoms with Crippen LogP contribution in [0.1, 0.15) is 5.56 Å². The van der Waals surface area contributed by atoms with Gasteiger partial charge in [0.05, 0.1) is 0 Å². The molecule has 0 atom stereocenters. The first kappa shape index (κ1) is 18.1. The molecule has 23 heavy (non-hydrogen) atoms. The van der Waals surface area contributed by atoms with Crippen molar-refractivity contribution < 1.29 is 28.5 Å². The van der Waals surface area contributed by atoms with Crippen LogP contribution in [0.2, 0.25) is 0 Å². The van der Waals surface area contributed by atoms with Crippen molar-refractivity contribution in [3.05, 3.63) is 67.1 Å². The molecule has 0 saturated carbocycles. The number of hydrogen-bond donors (Lipinski definition) is 0. The summed E-state index contributed by atoms with van der Waals surface area (Å²) in [5.74, 6) is -0.577. The first-order valence-corrected chi connectivity index (χ1v) is 10.6. The number of halogens is 5. The summed E-state index contributed by atoms with van der Waals surface area (Å²) in [6.45, 7) is 1.79. The van der Waals surface area contributed by atoms with E-state index in [2.05, 4.69) is 2.51 Å². The summed E-state index contributed by atoms with van der Waals surface area (Å²) in [6.07, 6.45) is 0. The Hall–Kier alpha value is -1.20. The summed E-state index contributed by atoms with van der Waals surface area (Å²) in [4.78, 5) is 0. The van der Waals surface area contributed by atoms with E-state index in [1.54, 1.807) is 19.1 Å².